The molecule has 138 valence electrons. The summed E-state index contributed by atoms with van der Waals surface area (Å²) in [4.78, 5) is 10.6. The molecule has 7 heteroatoms. The SMILES string of the molecule is CN(C)CCCN.Nc1ccc2ncnc(Nc3cccc(Br)c3)c2c1. The Kier molecular flexibility index (Phi) is 7.77. The van der Waals surface area contributed by atoms with Crippen molar-refractivity contribution in [1.82, 2.24) is 14.9 Å². The van der Waals surface area contributed by atoms with Crippen LogP contribution in [0, 0.1) is 0 Å². The summed E-state index contributed by atoms with van der Waals surface area (Å²) in [6.07, 6.45) is 2.64. The number of hydrogen-bond acceptors (Lipinski definition) is 6. The van der Waals surface area contributed by atoms with Gasteiger partial charge in [-0.15, -0.1) is 0 Å². The van der Waals surface area contributed by atoms with Crippen molar-refractivity contribution in [2.45, 2.75) is 6.42 Å². The molecule has 0 spiro atoms. The van der Waals surface area contributed by atoms with E-state index in [2.05, 4.69) is 50.2 Å². The van der Waals surface area contributed by atoms with Crippen LogP contribution >= 0.6 is 15.9 Å². The molecule has 5 N–H and O–H groups in total. The number of nitrogens with zero attached hydrogens (tertiary/aromatic N) is 3. The lowest BCUT2D eigenvalue weighted by molar-refractivity contribution is 0.403. The lowest BCUT2D eigenvalue weighted by Gasteiger charge is -2.09. The number of halogens is 1. The summed E-state index contributed by atoms with van der Waals surface area (Å²) in [6.45, 7) is 1.91. The van der Waals surface area contributed by atoms with E-state index in [-0.39, 0.29) is 0 Å². The molecule has 0 aliphatic rings. The number of benzene rings is 2. The Labute approximate surface area is 162 Å². The topological polar surface area (TPSA) is 93.1 Å². The number of hydrogen-bond donors (Lipinski definition) is 3. The van der Waals surface area contributed by atoms with Crippen LogP contribution in [0.25, 0.3) is 10.9 Å². The van der Waals surface area contributed by atoms with Gasteiger partial charge in [0, 0.05) is 21.2 Å². The van der Waals surface area contributed by atoms with Crippen LogP contribution < -0.4 is 16.8 Å². The molecule has 2 aromatic carbocycles. The van der Waals surface area contributed by atoms with Gasteiger partial charge in [-0.3, -0.25) is 0 Å². The van der Waals surface area contributed by atoms with Gasteiger partial charge in [0.2, 0.25) is 0 Å². The van der Waals surface area contributed by atoms with Crippen molar-refractivity contribution in [3.8, 4) is 0 Å². The molecule has 0 fully saturated rings. The molecule has 1 aromatic heterocycles. The fourth-order valence-corrected chi connectivity index (χ4v) is 2.68. The third kappa shape index (κ3) is 6.25. The summed E-state index contributed by atoms with van der Waals surface area (Å²) in [6, 6.07) is 13.5. The zero-order chi connectivity index (χ0) is 18.9. The molecule has 0 saturated heterocycles. The van der Waals surface area contributed by atoms with Gasteiger partial charge in [0.25, 0.3) is 0 Å². The highest BCUT2D eigenvalue weighted by Gasteiger charge is 2.04. The van der Waals surface area contributed by atoms with Gasteiger partial charge in [-0.1, -0.05) is 22.0 Å². The Morgan fingerprint density at radius 1 is 1.12 bits per heavy atom. The normalized spacial score (nSPS) is 10.5. The third-order valence-corrected chi connectivity index (χ3v) is 4.05. The van der Waals surface area contributed by atoms with Gasteiger partial charge >= 0.3 is 0 Å². The van der Waals surface area contributed by atoms with Gasteiger partial charge in [-0.05, 0) is 70.0 Å². The van der Waals surface area contributed by atoms with Crippen molar-refractivity contribution in [2.75, 3.05) is 38.2 Å². The summed E-state index contributed by atoms with van der Waals surface area (Å²) >= 11 is 3.44. The Hall–Kier alpha value is -2.22. The van der Waals surface area contributed by atoms with Crippen LogP contribution in [0.5, 0.6) is 0 Å². The van der Waals surface area contributed by atoms with E-state index in [9.17, 15) is 0 Å². The molecule has 6 nitrogen and oxygen atoms in total. The fraction of sp³-hybridized carbons (Fsp3) is 0.263. The van der Waals surface area contributed by atoms with Crippen LogP contribution in [0.15, 0.2) is 53.3 Å². The Bertz CT molecular complexity index is 837. The van der Waals surface area contributed by atoms with Crippen LogP contribution in [0.1, 0.15) is 6.42 Å². The molecule has 0 saturated carbocycles. The summed E-state index contributed by atoms with van der Waals surface area (Å²) in [7, 11) is 4.10. The number of nitrogen functional groups attached to an aromatic ring is 1. The highest BCUT2D eigenvalue weighted by atomic mass is 79.9. The minimum atomic E-state index is 0.694. The summed E-state index contributed by atoms with van der Waals surface area (Å²) in [5, 5.41) is 4.18. The van der Waals surface area contributed by atoms with E-state index in [4.69, 9.17) is 11.5 Å². The molecule has 0 aliphatic heterocycles. The molecule has 1 heterocycles. The van der Waals surface area contributed by atoms with E-state index < -0.39 is 0 Å². The van der Waals surface area contributed by atoms with Gasteiger partial charge in [0.1, 0.15) is 12.1 Å². The maximum absolute atomic E-state index is 5.82. The molecule has 0 amide bonds. The van der Waals surface area contributed by atoms with E-state index in [0.717, 1.165) is 46.4 Å². The van der Waals surface area contributed by atoms with Crippen molar-refractivity contribution in [3.63, 3.8) is 0 Å². The number of nitrogens with two attached hydrogens (primary N) is 2. The number of anilines is 3. The van der Waals surface area contributed by atoms with Gasteiger partial charge in [0.05, 0.1) is 5.52 Å². The summed E-state index contributed by atoms with van der Waals surface area (Å²) in [5.41, 5.74) is 13.6. The Balaban J connectivity index is 0.000000298. The number of nitrogens with one attached hydrogen (secondary N) is 1. The molecular weight excluding hydrogens is 392 g/mol. The van der Waals surface area contributed by atoms with E-state index in [0.29, 0.717) is 5.69 Å². The Morgan fingerprint density at radius 2 is 1.92 bits per heavy atom. The van der Waals surface area contributed by atoms with E-state index in [1.54, 1.807) is 6.33 Å². The van der Waals surface area contributed by atoms with E-state index >= 15 is 0 Å². The predicted molar refractivity (Wildman–Crippen MR) is 114 cm³/mol. The van der Waals surface area contributed by atoms with Gasteiger partial charge in [-0.2, -0.15) is 0 Å². The molecule has 0 atom stereocenters. The van der Waals surface area contributed by atoms with E-state index in [1.165, 1.54) is 0 Å². The second-order valence-corrected chi connectivity index (χ2v) is 7.00. The van der Waals surface area contributed by atoms with Crippen molar-refractivity contribution >= 4 is 44.0 Å². The van der Waals surface area contributed by atoms with Crippen molar-refractivity contribution < 1.29 is 0 Å². The maximum atomic E-state index is 5.82. The second-order valence-electron chi connectivity index (χ2n) is 6.08. The lowest BCUT2D eigenvalue weighted by atomic mass is 10.2. The zero-order valence-corrected chi connectivity index (χ0v) is 16.7. The first kappa shape index (κ1) is 20.1. The van der Waals surface area contributed by atoms with Crippen LogP contribution in [0.4, 0.5) is 17.2 Å². The number of aromatic nitrogens is 2. The standard InChI is InChI=1S/C14H11BrN4.C5H14N2/c15-9-2-1-3-11(6-9)19-14-12-7-10(16)4-5-13(12)17-8-18-14;1-7(2)5-3-4-6/h1-8H,16H2,(H,17,18,19);3-6H2,1-2H3. The first-order valence-electron chi connectivity index (χ1n) is 8.37. The average molecular weight is 417 g/mol. The molecule has 0 unspecified atom stereocenters. The van der Waals surface area contributed by atoms with Gasteiger partial charge in [-0.25, -0.2) is 9.97 Å². The average Bonchev–Trinajstić information content (AvgIpc) is 2.61. The van der Waals surface area contributed by atoms with Gasteiger partial charge in [0.15, 0.2) is 0 Å². The van der Waals surface area contributed by atoms with Gasteiger partial charge < -0.3 is 21.7 Å². The summed E-state index contributed by atoms with van der Waals surface area (Å²) < 4.78 is 1.01. The number of fused-ring (bicyclic) bond motifs is 1. The van der Waals surface area contributed by atoms with Crippen LogP contribution in [0.3, 0.4) is 0 Å². The number of rotatable bonds is 5. The van der Waals surface area contributed by atoms with Crippen LogP contribution in [-0.2, 0) is 0 Å². The molecule has 0 aliphatic carbocycles. The zero-order valence-electron chi connectivity index (χ0n) is 15.1. The van der Waals surface area contributed by atoms with E-state index in [1.807, 2.05) is 42.5 Å². The predicted octanol–water partition coefficient (Wildman–Crippen LogP) is 3.61. The second kappa shape index (κ2) is 10.1. The molecule has 3 aromatic rings. The molecule has 26 heavy (non-hydrogen) atoms. The largest absolute Gasteiger partial charge is 0.399 e. The molecular formula is C19H25BrN6. The van der Waals surface area contributed by atoms with Crippen molar-refractivity contribution in [1.29, 1.82) is 0 Å². The first-order valence-corrected chi connectivity index (χ1v) is 9.16. The Morgan fingerprint density at radius 3 is 2.58 bits per heavy atom. The van der Waals surface area contributed by atoms with Crippen LogP contribution in [0.2, 0.25) is 0 Å². The lowest BCUT2D eigenvalue weighted by Crippen LogP contribution is -2.16. The third-order valence-electron chi connectivity index (χ3n) is 3.56. The molecule has 3 rings (SSSR count). The minimum absolute atomic E-state index is 0.694. The quantitative estimate of drug-likeness (QED) is 0.549. The maximum Gasteiger partial charge on any atom is 0.141 e. The minimum Gasteiger partial charge on any atom is -0.399 e. The smallest absolute Gasteiger partial charge is 0.141 e. The van der Waals surface area contributed by atoms with Crippen molar-refractivity contribution in [3.05, 3.63) is 53.3 Å². The summed E-state index contributed by atoms with van der Waals surface area (Å²) in [5.74, 6) is 0.746. The monoisotopic (exact) mass is 416 g/mol. The van der Waals surface area contributed by atoms with Crippen molar-refractivity contribution in [2.24, 2.45) is 5.73 Å². The van der Waals surface area contributed by atoms with Crippen LogP contribution in [-0.4, -0.2) is 42.1 Å². The highest BCUT2D eigenvalue weighted by Crippen LogP contribution is 2.25. The highest BCUT2D eigenvalue weighted by molar-refractivity contribution is 9.10. The molecule has 0 bridgehead atoms. The first-order chi connectivity index (χ1) is 12.5. The molecule has 0 radical (unpaired) electrons. The fourth-order valence-electron chi connectivity index (χ4n) is 2.28.